The van der Waals surface area contributed by atoms with Gasteiger partial charge in [-0.2, -0.15) is 0 Å². The Hall–Kier alpha value is -2.48. The number of hydrogen-bond donors (Lipinski definition) is 0. The van der Waals surface area contributed by atoms with Crippen molar-refractivity contribution in [3.8, 4) is 18.1 Å². The Balaban J connectivity index is 1.74. The van der Waals surface area contributed by atoms with E-state index in [0.29, 0.717) is 24.5 Å². The fourth-order valence-electron chi connectivity index (χ4n) is 2.90. The van der Waals surface area contributed by atoms with E-state index >= 15 is 0 Å². The summed E-state index contributed by atoms with van der Waals surface area (Å²) in [6.45, 7) is 1.29. The average molecular weight is 298 g/mol. The molecule has 3 rings (SSSR count). The fraction of sp³-hybridized carbons (Fsp3) is 0.412. The van der Waals surface area contributed by atoms with Crippen LogP contribution in [0.5, 0.6) is 5.75 Å². The first-order valence-corrected chi connectivity index (χ1v) is 7.45. The van der Waals surface area contributed by atoms with Crippen LogP contribution in [0, 0.1) is 18.3 Å². The number of piperidine rings is 1. The molecule has 0 spiro atoms. The first kappa shape index (κ1) is 14.5. The Labute approximate surface area is 129 Å². The Morgan fingerprint density at radius 3 is 3.05 bits per heavy atom. The molecule has 0 unspecified atom stereocenters. The van der Waals surface area contributed by atoms with Crippen LogP contribution in [-0.2, 0) is 9.59 Å². The molecule has 1 aromatic carbocycles. The van der Waals surface area contributed by atoms with E-state index in [4.69, 9.17) is 11.2 Å². The first-order chi connectivity index (χ1) is 10.7. The molecule has 0 aliphatic carbocycles. The topological polar surface area (TPSA) is 49.9 Å². The summed E-state index contributed by atoms with van der Waals surface area (Å²) in [5.74, 6) is 3.21. The smallest absolute Gasteiger partial charge is 0.265 e. The van der Waals surface area contributed by atoms with Gasteiger partial charge in [0.05, 0.1) is 5.69 Å². The molecule has 0 saturated carbocycles. The molecule has 2 heterocycles. The summed E-state index contributed by atoms with van der Waals surface area (Å²) < 4.78 is 5.38. The number of rotatable bonds is 2. The summed E-state index contributed by atoms with van der Waals surface area (Å²) >= 11 is 0. The largest absolute Gasteiger partial charge is 0.482 e. The van der Waals surface area contributed by atoms with Gasteiger partial charge in [0.15, 0.2) is 6.61 Å². The lowest BCUT2D eigenvalue weighted by molar-refractivity contribution is -0.133. The monoisotopic (exact) mass is 298 g/mol. The molecule has 1 saturated heterocycles. The van der Waals surface area contributed by atoms with Gasteiger partial charge in [0.2, 0.25) is 5.91 Å². The van der Waals surface area contributed by atoms with Crippen molar-refractivity contribution in [3.05, 3.63) is 24.3 Å². The van der Waals surface area contributed by atoms with Crippen molar-refractivity contribution < 1.29 is 14.3 Å². The molecule has 0 aromatic heterocycles. The van der Waals surface area contributed by atoms with Gasteiger partial charge in [-0.3, -0.25) is 14.5 Å². The molecule has 2 aliphatic rings. The highest BCUT2D eigenvalue weighted by Crippen LogP contribution is 2.31. The van der Waals surface area contributed by atoms with Crippen LogP contribution in [-0.4, -0.2) is 43.0 Å². The van der Waals surface area contributed by atoms with E-state index in [1.165, 1.54) is 4.90 Å². The summed E-state index contributed by atoms with van der Waals surface area (Å²) in [6, 6.07) is 7.26. The number of amides is 2. The third kappa shape index (κ3) is 2.77. The lowest BCUT2D eigenvalue weighted by Crippen LogP contribution is -2.48. The second-order valence-corrected chi connectivity index (χ2v) is 5.58. The number of fused-ring (bicyclic) bond motifs is 1. The SMILES string of the molecule is C#C[C@@H]1CCCN(C(=O)CN2C(=O)COc3ccccc32)C1. The van der Waals surface area contributed by atoms with Crippen LogP contribution in [0.2, 0.25) is 0 Å². The Kier molecular flexibility index (Phi) is 4.01. The van der Waals surface area contributed by atoms with Crippen molar-refractivity contribution >= 4 is 17.5 Å². The summed E-state index contributed by atoms with van der Waals surface area (Å²) in [6.07, 6.45) is 7.34. The number of nitrogens with zero attached hydrogens (tertiary/aromatic N) is 2. The van der Waals surface area contributed by atoms with Gasteiger partial charge in [-0.05, 0) is 25.0 Å². The van der Waals surface area contributed by atoms with Crippen LogP contribution in [0.4, 0.5) is 5.69 Å². The van der Waals surface area contributed by atoms with Gasteiger partial charge in [0.25, 0.3) is 5.91 Å². The molecular weight excluding hydrogens is 280 g/mol. The third-order valence-electron chi connectivity index (χ3n) is 4.11. The normalized spacial score (nSPS) is 20.9. The van der Waals surface area contributed by atoms with E-state index in [1.54, 1.807) is 17.0 Å². The van der Waals surface area contributed by atoms with Gasteiger partial charge in [0, 0.05) is 19.0 Å². The zero-order valence-corrected chi connectivity index (χ0v) is 12.3. The number of para-hydroxylation sites is 2. The van der Waals surface area contributed by atoms with Gasteiger partial charge in [-0.1, -0.05) is 12.1 Å². The van der Waals surface area contributed by atoms with Gasteiger partial charge < -0.3 is 9.64 Å². The van der Waals surface area contributed by atoms with E-state index < -0.39 is 0 Å². The van der Waals surface area contributed by atoms with Crippen molar-refractivity contribution in [1.29, 1.82) is 0 Å². The minimum Gasteiger partial charge on any atom is -0.482 e. The summed E-state index contributed by atoms with van der Waals surface area (Å²) in [7, 11) is 0. The van der Waals surface area contributed by atoms with Crippen LogP contribution >= 0.6 is 0 Å². The molecule has 0 N–H and O–H groups in total. The maximum absolute atomic E-state index is 12.5. The van der Waals surface area contributed by atoms with Gasteiger partial charge in [0.1, 0.15) is 12.3 Å². The maximum Gasteiger partial charge on any atom is 0.265 e. The van der Waals surface area contributed by atoms with Gasteiger partial charge >= 0.3 is 0 Å². The fourth-order valence-corrected chi connectivity index (χ4v) is 2.90. The molecule has 0 bridgehead atoms. The van der Waals surface area contributed by atoms with Crippen LogP contribution in [0.15, 0.2) is 24.3 Å². The second-order valence-electron chi connectivity index (χ2n) is 5.58. The third-order valence-corrected chi connectivity index (χ3v) is 4.11. The van der Waals surface area contributed by atoms with Crippen molar-refractivity contribution in [2.45, 2.75) is 12.8 Å². The van der Waals surface area contributed by atoms with E-state index in [1.807, 2.05) is 12.1 Å². The van der Waals surface area contributed by atoms with Crippen molar-refractivity contribution in [2.24, 2.45) is 5.92 Å². The predicted octanol–water partition coefficient (Wildman–Crippen LogP) is 1.28. The quantitative estimate of drug-likeness (QED) is 0.773. The Bertz CT molecular complexity index is 635. The van der Waals surface area contributed by atoms with Crippen molar-refractivity contribution in [3.63, 3.8) is 0 Å². The van der Waals surface area contributed by atoms with Crippen LogP contribution in [0.25, 0.3) is 0 Å². The van der Waals surface area contributed by atoms with Crippen LogP contribution < -0.4 is 9.64 Å². The lowest BCUT2D eigenvalue weighted by Gasteiger charge is -2.34. The highest BCUT2D eigenvalue weighted by molar-refractivity contribution is 6.02. The van der Waals surface area contributed by atoms with E-state index in [0.717, 1.165) is 12.8 Å². The number of likely N-dealkylation sites (tertiary alicyclic amines) is 1. The zero-order valence-electron chi connectivity index (χ0n) is 12.3. The minimum absolute atomic E-state index is 0.0305. The maximum atomic E-state index is 12.5. The van der Waals surface area contributed by atoms with Crippen molar-refractivity contribution in [1.82, 2.24) is 4.90 Å². The van der Waals surface area contributed by atoms with Crippen LogP contribution in [0.1, 0.15) is 12.8 Å². The molecular formula is C17H18N2O3. The summed E-state index contributed by atoms with van der Waals surface area (Å²) in [5.41, 5.74) is 0.651. The lowest BCUT2D eigenvalue weighted by atomic mass is 9.99. The Morgan fingerprint density at radius 1 is 1.41 bits per heavy atom. The first-order valence-electron chi connectivity index (χ1n) is 7.45. The minimum atomic E-state index is -0.197. The Morgan fingerprint density at radius 2 is 2.23 bits per heavy atom. The van der Waals surface area contributed by atoms with Gasteiger partial charge in [-0.25, -0.2) is 0 Å². The molecule has 22 heavy (non-hydrogen) atoms. The molecule has 5 nitrogen and oxygen atoms in total. The number of terminal acetylenes is 1. The number of anilines is 1. The number of carbonyl (C=O) groups excluding carboxylic acids is 2. The predicted molar refractivity (Wildman–Crippen MR) is 82.4 cm³/mol. The molecule has 2 amide bonds. The summed E-state index contributed by atoms with van der Waals surface area (Å²) in [4.78, 5) is 27.9. The highest BCUT2D eigenvalue weighted by atomic mass is 16.5. The highest BCUT2D eigenvalue weighted by Gasteiger charge is 2.30. The summed E-state index contributed by atoms with van der Waals surface area (Å²) in [5, 5.41) is 0. The van der Waals surface area contributed by atoms with E-state index in [2.05, 4.69) is 5.92 Å². The van der Waals surface area contributed by atoms with Crippen LogP contribution in [0.3, 0.4) is 0 Å². The van der Waals surface area contributed by atoms with E-state index in [-0.39, 0.29) is 30.9 Å². The molecule has 1 fully saturated rings. The standard InChI is InChI=1S/C17H18N2O3/c1-2-13-6-5-9-18(10-13)16(20)11-19-14-7-3-4-8-15(14)22-12-17(19)21/h1,3-4,7-8,13H,5-6,9-12H2/t13-/m1/s1. The number of hydrogen-bond acceptors (Lipinski definition) is 3. The second kappa shape index (κ2) is 6.10. The number of ether oxygens (including phenoxy) is 1. The van der Waals surface area contributed by atoms with Crippen molar-refractivity contribution in [2.75, 3.05) is 31.1 Å². The molecule has 1 atom stereocenters. The molecule has 1 aromatic rings. The van der Waals surface area contributed by atoms with Gasteiger partial charge in [-0.15, -0.1) is 12.3 Å². The molecule has 114 valence electrons. The van der Waals surface area contributed by atoms with E-state index in [9.17, 15) is 9.59 Å². The molecule has 5 heteroatoms. The molecule has 0 radical (unpaired) electrons. The average Bonchev–Trinajstić information content (AvgIpc) is 2.57. The zero-order chi connectivity index (χ0) is 15.5. The number of carbonyl (C=O) groups is 2. The number of benzene rings is 1. The molecule has 2 aliphatic heterocycles.